The van der Waals surface area contributed by atoms with Crippen LogP contribution in [-0.2, 0) is 12.8 Å². The van der Waals surface area contributed by atoms with Gasteiger partial charge in [-0.25, -0.2) is 0 Å². The van der Waals surface area contributed by atoms with Crippen LogP contribution in [0.3, 0.4) is 0 Å². The minimum Gasteiger partial charge on any atom is -0.338 e. The summed E-state index contributed by atoms with van der Waals surface area (Å²) in [5, 5.41) is 3.24. The predicted molar refractivity (Wildman–Crippen MR) is 86.1 cm³/mol. The van der Waals surface area contributed by atoms with Gasteiger partial charge in [0.1, 0.15) is 0 Å². The Morgan fingerprint density at radius 1 is 1.40 bits per heavy atom. The molecule has 1 amide bonds. The Balaban J connectivity index is 0.00000147. The highest BCUT2D eigenvalue weighted by Crippen LogP contribution is 2.31. The van der Waals surface area contributed by atoms with Gasteiger partial charge in [0.2, 0.25) is 0 Å². The van der Waals surface area contributed by atoms with Gasteiger partial charge in [0.05, 0.1) is 4.88 Å². The summed E-state index contributed by atoms with van der Waals surface area (Å²) in [5.41, 5.74) is 1.43. The molecule has 0 atom stereocenters. The van der Waals surface area contributed by atoms with Crippen molar-refractivity contribution in [3.8, 4) is 0 Å². The van der Waals surface area contributed by atoms with Crippen molar-refractivity contribution >= 4 is 29.7 Å². The van der Waals surface area contributed by atoms with E-state index < -0.39 is 0 Å². The number of halogens is 1. The number of aryl methyl sites for hydroxylation is 2. The van der Waals surface area contributed by atoms with Crippen LogP contribution in [0.2, 0.25) is 0 Å². The highest BCUT2D eigenvalue weighted by Gasteiger charge is 2.26. The zero-order valence-electron chi connectivity index (χ0n) is 12.0. The molecular weight excluding hydrogens is 292 g/mol. The first-order chi connectivity index (χ1) is 9.28. The second kappa shape index (κ2) is 6.92. The molecule has 1 aliphatic carbocycles. The lowest BCUT2D eigenvalue weighted by Crippen LogP contribution is -2.40. The first kappa shape index (κ1) is 15.8. The Labute approximate surface area is 131 Å². The number of hydrogen-bond acceptors (Lipinski definition) is 3. The third kappa shape index (κ3) is 3.18. The second-order valence-corrected chi connectivity index (χ2v) is 6.84. The predicted octanol–water partition coefficient (Wildman–Crippen LogP) is 2.73. The molecule has 0 saturated carbocycles. The van der Waals surface area contributed by atoms with Gasteiger partial charge in [0.15, 0.2) is 0 Å². The molecule has 1 aliphatic heterocycles. The molecular formula is C15H23ClN2OS. The van der Waals surface area contributed by atoms with Gasteiger partial charge in [-0.3, -0.25) is 4.79 Å². The van der Waals surface area contributed by atoms with E-state index in [1.165, 1.54) is 29.7 Å². The van der Waals surface area contributed by atoms with E-state index in [1.807, 2.05) is 11.9 Å². The maximum absolute atomic E-state index is 12.5. The number of likely N-dealkylation sites (tertiary alicyclic amines) is 1. The second-order valence-electron chi connectivity index (χ2n) is 5.71. The van der Waals surface area contributed by atoms with Crippen molar-refractivity contribution in [3.63, 3.8) is 0 Å². The molecule has 1 aromatic rings. The molecule has 1 N–H and O–H groups in total. The monoisotopic (exact) mass is 314 g/mol. The number of piperidine rings is 1. The van der Waals surface area contributed by atoms with Crippen LogP contribution in [-0.4, -0.2) is 37.5 Å². The van der Waals surface area contributed by atoms with Crippen molar-refractivity contribution in [2.45, 2.75) is 32.1 Å². The van der Waals surface area contributed by atoms with Gasteiger partial charge in [0, 0.05) is 18.0 Å². The minimum atomic E-state index is 0. The number of rotatable bonds is 3. The van der Waals surface area contributed by atoms with Gasteiger partial charge in [0.25, 0.3) is 5.91 Å². The Bertz CT molecular complexity index is 445. The Kier molecular flexibility index (Phi) is 5.47. The molecule has 2 aliphatic rings. The number of carbonyl (C=O) groups excluding carboxylic acids is 1. The Morgan fingerprint density at radius 2 is 2.15 bits per heavy atom. The first-order valence-corrected chi connectivity index (χ1v) is 8.15. The fraction of sp³-hybridized carbons (Fsp3) is 0.667. The zero-order valence-corrected chi connectivity index (χ0v) is 13.6. The summed E-state index contributed by atoms with van der Waals surface area (Å²) in [4.78, 5) is 17.0. The summed E-state index contributed by atoms with van der Waals surface area (Å²) in [5.74, 6) is 1.00. The van der Waals surface area contributed by atoms with E-state index in [4.69, 9.17) is 0 Å². The Morgan fingerprint density at radius 3 is 2.80 bits per heavy atom. The lowest BCUT2D eigenvalue weighted by atomic mass is 9.97. The standard InChI is InChI=1S/C15H22N2OS.ClH/c1-16-10-11-5-7-17(8-6-11)15(18)14-9-12-3-2-4-13(12)19-14;/h9,11,16H,2-8,10H2,1H3;1H. The van der Waals surface area contributed by atoms with Crippen LogP contribution >= 0.6 is 23.7 Å². The van der Waals surface area contributed by atoms with Gasteiger partial charge in [-0.15, -0.1) is 23.7 Å². The smallest absolute Gasteiger partial charge is 0.263 e. The molecule has 0 radical (unpaired) electrons. The van der Waals surface area contributed by atoms with Crippen LogP contribution in [0.5, 0.6) is 0 Å². The lowest BCUT2D eigenvalue weighted by Gasteiger charge is -2.31. The van der Waals surface area contributed by atoms with Crippen LogP contribution in [0.25, 0.3) is 0 Å². The average molecular weight is 315 g/mol. The van der Waals surface area contributed by atoms with Crippen molar-refractivity contribution in [2.75, 3.05) is 26.7 Å². The van der Waals surface area contributed by atoms with Crippen molar-refractivity contribution in [3.05, 3.63) is 21.4 Å². The van der Waals surface area contributed by atoms with E-state index >= 15 is 0 Å². The van der Waals surface area contributed by atoms with Crippen LogP contribution in [0, 0.1) is 5.92 Å². The van der Waals surface area contributed by atoms with Crippen molar-refractivity contribution in [2.24, 2.45) is 5.92 Å². The summed E-state index contributed by atoms with van der Waals surface area (Å²) >= 11 is 1.73. The SMILES string of the molecule is CNCC1CCN(C(=O)c2cc3c(s2)CCC3)CC1.Cl. The first-order valence-electron chi connectivity index (χ1n) is 7.33. The molecule has 1 saturated heterocycles. The molecule has 0 bridgehead atoms. The number of hydrogen-bond donors (Lipinski definition) is 1. The number of fused-ring (bicyclic) bond motifs is 1. The van der Waals surface area contributed by atoms with Crippen molar-refractivity contribution in [1.29, 1.82) is 0 Å². The van der Waals surface area contributed by atoms with Gasteiger partial charge in [-0.1, -0.05) is 0 Å². The highest BCUT2D eigenvalue weighted by atomic mass is 35.5. The molecule has 3 rings (SSSR count). The fourth-order valence-corrected chi connectivity index (χ4v) is 4.44. The molecule has 3 nitrogen and oxygen atoms in total. The third-order valence-electron chi connectivity index (χ3n) is 4.35. The van der Waals surface area contributed by atoms with E-state index in [0.29, 0.717) is 0 Å². The van der Waals surface area contributed by atoms with Crippen LogP contribution in [0.4, 0.5) is 0 Å². The summed E-state index contributed by atoms with van der Waals surface area (Å²) < 4.78 is 0. The zero-order chi connectivity index (χ0) is 13.2. The molecule has 112 valence electrons. The number of carbonyl (C=O) groups is 1. The van der Waals surface area contributed by atoms with Gasteiger partial charge in [-0.2, -0.15) is 0 Å². The van der Waals surface area contributed by atoms with E-state index in [-0.39, 0.29) is 18.3 Å². The highest BCUT2D eigenvalue weighted by molar-refractivity contribution is 7.14. The lowest BCUT2D eigenvalue weighted by molar-refractivity contribution is 0.0696. The molecule has 20 heavy (non-hydrogen) atoms. The van der Waals surface area contributed by atoms with Crippen LogP contribution < -0.4 is 5.32 Å². The average Bonchev–Trinajstić information content (AvgIpc) is 3.00. The van der Waals surface area contributed by atoms with Gasteiger partial charge in [-0.05, 0) is 63.2 Å². The van der Waals surface area contributed by atoms with Gasteiger partial charge >= 0.3 is 0 Å². The third-order valence-corrected chi connectivity index (χ3v) is 5.58. The number of nitrogens with one attached hydrogen (secondary N) is 1. The van der Waals surface area contributed by atoms with E-state index in [0.717, 1.165) is 43.3 Å². The number of thiophene rings is 1. The van der Waals surface area contributed by atoms with Crippen LogP contribution in [0.1, 0.15) is 39.4 Å². The summed E-state index contributed by atoms with van der Waals surface area (Å²) in [7, 11) is 2.00. The summed E-state index contributed by atoms with van der Waals surface area (Å²) in [6.45, 7) is 2.93. The van der Waals surface area contributed by atoms with Crippen LogP contribution in [0.15, 0.2) is 6.07 Å². The topological polar surface area (TPSA) is 32.3 Å². The minimum absolute atomic E-state index is 0. The maximum Gasteiger partial charge on any atom is 0.263 e. The van der Waals surface area contributed by atoms with E-state index in [2.05, 4.69) is 11.4 Å². The molecule has 0 unspecified atom stereocenters. The van der Waals surface area contributed by atoms with Crippen molar-refractivity contribution < 1.29 is 4.79 Å². The quantitative estimate of drug-likeness (QED) is 0.930. The molecule has 1 aromatic heterocycles. The summed E-state index contributed by atoms with van der Waals surface area (Å²) in [6.07, 6.45) is 5.89. The normalized spacial score (nSPS) is 18.8. The summed E-state index contributed by atoms with van der Waals surface area (Å²) in [6, 6.07) is 2.15. The molecule has 1 fully saturated rings. The maximum atomic E-state index is 12.5. The van der Waals surface area contributed by atoms with Gasteiger partial charge < -0.3 is 10.2 Å². The molecule has 0 aromatic carbocycles. The van der Waals surface area contributed by atoms with E-state index in [1.54, 1.807) is 11.3 Å². The van der Waals surface area contributed by atoms with Crippen molar-refractivity contribution in [1.82, 2.24) is 10.2 Å². The van der Waals surface area contributed by atoms with E-state index in [9.17, 15) is 4.79 Å². The number of amides is 1. The number of nitrogens with zero attached hydrogens (tertiary/aromatic N) is 1. The largest absolute Gasteiger partial charge is 0.338 e. The fourth-order valence-electron chi connectivity index (χ4n) is 3.22. The molecule has 0 spiro atoms. The molecule has 2 heterocycles. The molecule has 5 heteroatoms. The Hall–Kier alpha value is -0.580.